The lowest BCUT2D eigenvalue weighted by Gasteiger charge is -2.08. The van der Waals surface area contributed by atoms with E-state index in [2.05, 4.69) is 23.2 Å². The molecule has 3 aromatic carbocycles. The van der Waals surface area contributed by atoms with Crippen molar-refractivity contribution in [3.63, 3.8) is 0 Å². The molecule has 0 aromatic heterocycles. The van der Waals surface area contributed by atoms with Crippen molar-refractivity contribution < 1.29 is 4.79 Å². The largest absolute Gasteiger partial charge is 0.240 e. The Kier molecular flexibility index (Phi) is 2.93. The van der Waals surface area contributed by atoms with E-state index in [-0.39, 0.29) is 0 Å². The van der Waals surface area contributed by atoms with Crippen LogP contribution in [0.25, 0.3) is 21.9 Å². The van der Waals surface area contributed by atoms with Crippen LogP contribution in [0.4, 0.5) is 5.69 Å². The second-order valence-electron chi connectivity index (χ2n) is 4.25. The van der Waals surface area contributed by atoms with Crippen molar-refractivity contribution in [1.29, 1.82) is 0 Å². The van der Waals surface area contributed by atoms with Crippen LogP contribution in [0.1, 0.15) is 0 Å². The van der Waals surface area contributed by atoms with Gasteiger partial charge in [-0.3, -0.25) is 0 Å². The van der Waals surface area contributed by atoms with Crippen LogP contribution in [0.15, 0.2) is 71.7 Å². The molecule has 0 radical (unpaired) electrons. The molecule has 0 aliphatic heterocycles. The van der Waals surface area contributed by atoms with Crippen LogP contribution in [0, 0.1) is 0 Å². The monoisotopic (exact) mass is 245 g/mol. The van der Waals surface area contributed by atoms with Crippen LogP contribution < -0.4 is 0 Å². The smallest absolute Gasteiger partial charge is 0.211 e. The van der Waals surface area contributed by atoms with Crippen molar-refractivity contribution in [3.8, 4) is 11.1 Å². The molecule has 2 nitrogen and oxygen atoms in total. The summed E-state index contributed by atoms with van der Waals surface area (Å²) in [6.07, 6.45) is 1.62. The molecule has 0 saturated heterocycles. The first-order valence-corrected chi connectivity index (χ1v) is 6.05. The van der Waals surface area contributed by atoms with Gasteiger partial charge in [-0.25, -0.2) is 4.79 Å². The lowest BCUT2D eigenvalue weighted by molar-refractivity contribution is 0.565. The van der Waals surface area contributed by atoms with Gasteiger partial charge in [-0.1, -0.05) is 60.7 Å². The van der Waals surface area contributed by atoms with Gasteiger partial charge in [0.15, 0.2) is 0 Å². The first-order valence-electron chi connectivity index (χ1n) is 6.05. The fraction of sp³-hybridized carbons (Fsp3) is 0. The molecule has 0 aliphatic rings. The maximum atomic E-state index is 10.5. The number of rotatable bonds is 2. The molecule has 0 bridgehead atoms. The number of isocyanates is 1. The van der Waals surface area contributed by atoms with E-state index in [4.69, 9.17) is 0 Å². The molecule has 2 heteroatoms. The van der Waals surface area contributed by atoms with Gasteiger partial charge in [0.2, 0.25) is 6.08 Å². The highest BCUT2D eigenvalue weighted by atomic mass is 16.1. The highest BCUT2D eigenvalue weighted by Crippen LogP contribution is 2.34. The molecule has 0 heterocycles. The average molecular weight is 245 g/mol. The minimum atomic E-state index is 0.647. The summed E-state index contributed by atoms with van der Waals surface area (Å²) in [6, 6.07) is 21.9. The fourth-order valence-electron chi connectivity index (χ4n) is 2.31. The van der Waals surface area contributed by atoms with Crippen LogP contribution in [-0.4, -0.2) is 6.08 Å². The van der Waals surface area contributed by atoms with E-state index in [1.165, 1.54) is 5.39 Å². The maximum Gasteiger partial charge on any atom is 0.240 e. The maximum absolute atomic E-state index is 10.5. The van der Waals surface area contributed by atoms with E-state index in [9.17, 15) is 4.79 Å². The molecule has 0 N–H and O–H groups in total. The van der Waals surface area contributed by atoms with Gasteiger partial charge in [0.1, 0.15) is 0 Å². The van der Waals surface area contributed by atoms with E-state index >= 15 is 0 Å². The Labute approximate surface area is 111 Å². The van der Waals surface area contributed by atoms with Gasteiger partial charge in [0.25, 0.3) is 0 Å². The van der Waals surface area contributed by atoms with Gasteiger partial charge in [-0.2, -0.15) is 4.99 Å². The molecule has 0 fully saturated rings. The number of fused-ring (bicyclic) bond motifs is 1. The Bertz CT molecular complexity index is 781. The fourth-order valence-corrected chi connectivity index (χ4v) is 2.31. The second kappa shape index (κ2) is 4.89. The van der Waals surface area contributed by atoms with Crippen molar-refractivity contribution in [2.45, 2.75) is 0 Å². The summed E-state index contributed by atoms with van der Waals surface area (Å²) in [6.45, 7) is 0. The summed E-state index contributed by atoms with van der Waals surface area (Å²) in [7, 11) is 0. The van der Waals surface area contributed by atoms with Gasteiger partial charge >= 0.3 is 0 Å². The molecule has 0 atom stereocenters. The lowest BCUT2D eigenvalue weighted by atomic mass is 9.97. The molecule has 0 amide bonds. The molecular formula is C17H11NO. The minimum Gasteiger partial charge on any atom is -0.211 e. The first kappa shape index (κ1) is 11.4. The van der Waals surface area contributed by atoms with Crippen molar-refractivity contribution in [3.05, 3.63) is 66.7 Å². The zero-order valence-electron chi connectivity index (χ0n) is 10.2. The molecular weight excluding hydrogens is 234 g/mol. The van der Waals surface area contributed by atoms with Crippen LogP contribution in [0.3, 0.4) is 0 Å². The van der Waals surface area contributed by atoms with Crippen molar-refractivity contribution in [1.82, 2.24) is 0 Å². The topological polar surface area (TPSA) is 29.4 Å². The number of aliphatic imine (C=N–C) groups is 1. The molecule has 3 aromatic rings. The molecule has 90 valence electrons. The molecule has 3 rings (SSSR count). The van der Waals surface area contributed by atoms with Crippen LogP contribution >= 0.6 is 0 Å². The number of hydrogen-bond donors (Lipinski definition) is 0. The second-order valence-corrected chi connectivity index (χ2v) is 4.25. The van der Waals surface area contributed by atoms with Gasteiger partial charge in [0, 0.05) is 5.56 Å². The highest BCUT2D eigenvalue weighted by Gasteiger charge is 2.07. The molecule has 0 spiro atoms. The number of hydrogen-bond acceptors (Lipinski definition) is 2. The third-order valence-corrected chi connectivity index (χ3v) is 3.15. The van der Waals surface area contributed by atoms with E-state index in [1.54, 1.807) is 6.08 Å². The summed E-state index contributed by atoms with van der Waals surface area (Å²) < 4.78 is 0. The number of nitrogens with zero attached hydrogens (tertiary/aromatic N) is 1. The van der Waals surface area contributed by atoms with Gasteiger partial charge < -0.3 is 0 Å². The average Bonchev–Trinajstić information content (AvgIpc) is 2.48. The van der Waals surface area contributed by atoms with E-state index in [0.717, 1.165) is 16.5 Å². The van der Waals surface area contributed by atoms with Crippen molar-refractivity contribution in [2.75, 3.05) is 0 Å². The van der Waals surface area contributed by atoms with E-state index in [1.807, 2.05) is 48.5 Å². The number of benzene rings is 3. The number of carbonyl (C=O) groups excluding carboxylic acids is 1. The predicted molar refractivity (Wildman–Crippen MR) is 77.2 cm³/mol. The molecule has 19 heavy (non-hydrogen) atoms. The molecule has 0 saturated carbocycles. The van der Waals surface area contributed by atoms with Crippen molar-refractivity contribution >= 4 is 22.5 Å². The summed E-state index contributed by atoms with van der Waals surface area (Å²) in [5.41, 5.74) is 2.67. The van der Waals surface area contributed by atoms with Gasteiger partial charge in [-0.15, -0.1) is 0 Å². The van der Waals surface area contributed by atoms with Crippen LogP contribution in [0.5, 0.6) is 0 Å². The zero-order valence-corrected chi connectivity index (χ0v) is 10.2. The summed E-state index contributed by atoms with van der Waals surface area (Å²) >= 11 is 0. The summed E-state index contributed by atoms with van der Waals surface area (Å²) in [5, 5.41) is 2.32. The van der Waals surface area contributed by atoms with E-state index in [0.29, 0.717) is 5.69 Å². The third-order valence-electron chi connectivity index (χ3n) is 3.15. The predicted octanol–water partition coefficient (Wildman–Crippen LogP) is 4.47. The third kappa shape index (κ3) is 2.05. The standard InChI is InChI=1S/C17H11NO/c19-12-18-17-11-4-3-9-16(17)15-10-5-7-13-6-1-2-8-14(13)15/h1-11H. The number of para-hydroxylation sites is 1. The van der Waals surface area contributed by atoms with Gasteiger partial charge in [0.05, 0.1) is 5.69 Å². The highest BCUT2D eigenvalue weighted by molar-refractivity contribution is 5.99. The Balaban J connectivity index is 2.34. The first-order chi connectivity index (χ1) is 9.40. The zero-order chi connectivity index (χ0) is 13.1. The lowest BCUT2D eigenvalue weighted by Crippen LogP contribution is -1.82. The normalized spacial score (nSPS) is 10.1. The molecule has 0 unspecified atom stereocenters. The van der Waals surface area contributed by atoms with E-state index < -0.39 is 0 Å². The summed E-state index contributed by atoms with van der Waals surface area (Å²) in [5.74, 6) is 0. The summed E-state index contributed by atoms with van der Waals surface area (Å²) in [4.78, 5) is 14.3. The van der Waals surface area contributed by atoms with Crippen LogP contribution in [-0.2, 0) is 4.79 Å². The SMILES string of the molecule is O=C=Nc1ccccc1-c1cccc2ccccc12. The van der Waals surface area contributed by atoms with Gasteiger partial charge in [-0.05, 0) is 22.4 Å². The Morgan fingerprint density at radius 3 is 2.32 bits per heavy atom. The van der Waals surface area contributed by atoms with Crippen molar-refractivity contribution in [2.24, 2.45) is 4.99 Å². The quantitative estimate of drug-likeness (QED) is 0.483. The van der Waals surface area contributed by atoms with Crippen LogP contribution in [0.2, 0.25) is 0 Å². The molecule has 0 aliphatic carbocycles. The Morgan fingerprint density at radius 1 is 0.737 bits per heavy atom. The Hall–Kier alpha value is -2.70. The Morgan fingerprint density at radius 2 is 1.42 bits per heavy atom. The minimum absolute atomic E-state index is 0.647.